The molecule has 0 aliphatic rings. The topological polar surface area (TPSA) is 12.0 Å². The molecular weight excluding hydrogens is 345 g/mol. The van der Waals surface area contributed by atoms with Crippen molar-refractivity contribution < 1.29 is 0 Å². The normalized spacial score (nSPS) is 10.7. The van der Waals surface area contributed by atoms with Crippen LogP contribution in [-0.2, 0) is 0 Å². The third kappa shape index (κ3) is 7.81. The van der Waals surface area contributed by atoms with Crippen molar-refractivity contribution in [3.8, 4) is 0 Å². The maximum atomic E-state index is 3.52. The van der Waals surface area contributed by atoms with Gasteiger partial charge in [0.05, 0.1) is 0 Å². The predicted molar refractivity (Wildman–Crippen MR) is 95.0 cm³/mol. The standard InChI is InChI=1S/C17H28IN/c1-3-4-5-6-7-8-9-10-13-19-16-12-11-15(2)17(18)14-16/h11-12,14,19H,3-10,13H2,1-2H3. The monoisotopic (exact) mass is 373 g/mol. The summed E-state index contributed by atoms with van der Waals surface area (Å²) in [4.78, 5) is 0. The number of anilines is 1. The van der Waals surface area contributed by atoms with Crippen molar-refractivity contribution in [2.45, 2.75) is 65.2 Å². The molecule has 0 spiro atoms. The van der Waals surface area contributed by atoms with Crippen molar-refractivity contribution in [2.24, 2.45) is 0 Å². The predicted octanol–water partition coefficient (Wildman–Crippen LogP) is 6.15. The summed E-state index contributed by atoms with van der Waals surface area (Å²) in [6.07, 6.45) is 11.1. The van der Waals surface area contributed by atoms with Crippen LogP contribution in [0.1, 0.15) is 63.9 Å². The maximum Gasteiger partial charge on any atom is 0.0350 e. The highest BCUT2D eigenvalue weighted by atomic mass is 127. The van der Waals surface area contributed by atoms with Crippen molar-refractivity contribution in [2.75, 3.05) is 11.9 Å². The van der Waals surface area contributed by atoms with Crippen LogP contribution in [0, 0.1) is 10.5 Å². The van der Waals surface area contributed by atoms with E-state index in [0.717, 1.165) is 6.54 Å². The zero-order chi connectivity index (χ0) is 13.9. The number of hydrogen-bond donors (Lipinski definition) is 1. The zero-order valence-corrected chi connectivity index (χ0v) is 14.6. The van der Waals surface area contributed by atoms with Crippen LogP contribution in [0.2, 0.25) is 0 Å². The summed E-state index contributed by atoms with van der Waals surface area (Å²) in [6, 6.07) is 6.61. The van der Waals surface area contributed by atoms with E-state index in [1.165, 1.54) is 66.2 Å². The van der Waals surface area contributed by atoms with Gasteiger partial charge in [-0.15, -0.1) is 0 Å². The summed E-state index contributed by atoms with van der Waals surface area (Å²) in [7, 11) is 0. The molecule has 0 fully saturated rings. The third-order valence-electron chi connectivity index (χ3n) is 3.53. The summed E-state index contributed by atoms with van der Waals surface area (Å²) >= 11 is 2.40. The zero-order valence-electron chi connectivity index (χ0n) is 12.5. The molecule has 1 aromatic carbocycles. The van der Waals surface area contributed by atoms with Crippen LogP contribution in [0.25, 0.3) is 0 Å². The molecule has 0 bridgehead atoms. The molecule has 108 valence electrons. The molecule has 0 heterocycles. The van der Waals surface area contributed by atoms with Crippen LogP contribution in [0.4, 0.5) is 5.69 Å². The first kappa shape index (κ1) is 16.8. The van der Waals surface area contributed by atoms with Crippen LogP contribution in [0.5, 0.6) is 0 Å². The number of aryl methyl sites for hydroxylation is 1. The molecule has 0 aliphatic heterocycles. The molecule has 0 atom stereocenters. The van der Waals surface area contributed by atoms with E-state index in [-0.39, 0.29) is 0 Å². The maximum absolute atomic E-state index is 3.52. The second-order valence-corrected chi connectivity index (χ2v) is 6.53. The Kier molecular flexibility index (Phi) is 9.31. The van der Waals surface area contributed by atoms with Gasteiger partial charge in [-0.2, -0.15) is 0 Å². The van der Waals surface area contributed by atoms with Crippen molar-refractivity contribution in [3.05, 3.63) is 27.3 Å². The summed E-state index contributed by atoms with van der Waals surface area (Å²) in [5, 5.41) is 3.52. The Bertz CT molecular complexity index is 349. The van der Waals surface area contributed by atoms with Gasteiger partial charge in [0.25, 0.3) is 0 Å². The van der Waals surface area contributed by atoms with Gasteiger partial charge < -0.3 is 5.32 Å². The molecule has 1 nitrogen and oxygen atoms in total. The fourth-order valence-electron chi connectivity index (χ4n) is 2.19. The smallest absolute Gasteiger partial charge is 0.0350 e. The number of unbranched alkanes of at least 4 members (excludes halogenated alkanes) is 7. The van der Waals surface area contributed by atoms with Gasteiger partial charge in [0, 0.05) is 15.8 Å². The molecule has 0 unspecified atom stereocenters. The lowest BCUT2D eigenvalue weighted by Crippen LogP contribution is -2.01. The third-order valence-corrected chi connectivity index (χ3v) is 4.69. The van der Waals surface area contributed by atoms with Crippen LogP contribution in [0.15, 0.2) is 18.2 Å². The van der Waals surface area contributed by atoms with Crippen molar-refractivity contribution in [3.63, 3.8) is 0 Å². The van der Waals surface area contributed by atoms with E-state index >= 15 is 0 Å². The van der Waals surface area contributed by atoms with Gasteiger partial charge in [-0.05, 0) is 53.6 Å². The van der Waals surface area contributed by atoms with Crippen molar-refractivity contribution in [1.82, 2.24) is 0 Å². The minimum Gasteiger partial charge on any atom is -0.385 e. The number of hydrogen-bond acceptors (Lipinski definition) is 1. The number of halogens is 1. The molecule has 1 aromatic rings. The Morgan fingerprint density at radius 3 is 2.21 bits per heavy atom. The Morgan fingerprint density at radius 2 is 1.58 bits per heavy atom. The molecule has 1 N–H and O–H groups in total. The molecule has 0 aromatic heterocycles. The van der Waals surface area contributed by atoms with Gasteiger partial charge >= 0.3 is 0 Å². The van der Waals surface area contributed by atoms with E-state index in [2.05, 4.69) is 60.0 Å². The van der Waals surface area contributed by atoms with Gasteiger partial charge in [0.15, 0.2) is 0 Å². The van der Waals surface area contributed by atoms with Crippen LogP contribution < -0.4 is 5.32 Å². The summed E-state index contributed by atoms with van der Waals surface area (Å²) in [5.41, 5.74) is 2.62. The average molecular weight is 373 g/mol. The number of nitrogens with one attached hydrogen (secondary N) is 1. The largest absolute Gasteiger partial charge is 0.385 e. The molecule has 0 radical (unpaired) electrons. The second-order valence-electron chi connectivity index (χ2n) is 5.37. The van der Waals surface area contributed by atoms with Crippen LogP contribution in [-0.4, -0.2) is 6.54 Å². The molecule has 0 amide bonds. The van der Waals surface area contributed by atoms with E-state index < -0.39 is 0 Å². The first-order valence-corrected chi connectivity index (χ1v) is 8.82. The van der Waals surface area contributed by atoms with E-state index in [0.29, 0.717) is 0 Å². The number of benzene rings is 1. The lowest BCUT2D eigenvalue weighted by Gasteiger charge is -2.08. The van der Waals surface area contributed by atoms with E-state index in [9.17, 15) is 0 Å². The average Bonchev–Trinajstić information content (AvgIpc) is 2.41. The molecule has 0 saturated carbocycles. The van der Waals surface area contributed by atoms with Crippen molar-refractivity contribution >= 4 is 28.3 Å². The van der Waals surface area contributed by atoms with Crippen LogP contribution >= 0.6 is 22.6 Å². The Hall–Kier alpha value is -0.250. The molecular formula is C17H28IN. The fraction of sp³-hybridized carbons (Fsp3) is 0.647. The summed E-state index contributed by atoms with van der Waals surface area (Å²) in [5.74, 6) is 0. The number of rotatable bonds is 10. The van der Waals surface area contributed by atoms with Gasteiger partial charge in [0.2, 0.25) is 0 Å². The highest BCUT2D eigenvalue weighted by Crippen LogP contribution is 2.17. The van der Waals surface area contributed by atoms with E-state index in [1.54, 1.807) is 0 Å². The molecule has 0 saturated heterocycles. The van der Waals surface area contributed by atoms with Gasteiger partial charge in [-0.25, -0.2) is 0 Å². The molecule has 19 heavy (non-hydrogen) atoms. The van der Waals surface area contributed by atoms with Gasteiger partial charge in [-0.3, -0.25) is 0 Å². The van der Waals surface area contributed by atoms with Crippen molar-refractivity contribution in [1.29, 1.82) is 0 Å². The molecule has 0 aliphatic carbocycles. The Morgan fingerprint density at radius 1 is 0.947 bits per heavy atom. The minimum atomic E-state index is 1.11. The minimum absolute atomic E-state index is 1.11. The van der Waals surface area contributed by atoms with Crippen LogP contribution in [0.3, 0.4) is 0 Å². The Balaban J connectivity index is 2.00. The fourth-order valence-corrected chi connectivity index (χ4v) is 2.71. The first-order valence-electron chi connectivity index (χ1n) is 7.74. The summed E-state index contributed by atoms with van der Waals surface area (Å²) in [6.45, 7) is 5.54. The molecule has 2 heteroatoms. The quantitative estimate of drug-likeness (QED) is 0.383. The lowest BCUT2D eigenvalue weighted by atomic mass is 10.1. The highest BCUT2D eigenvalue weighted by Gasteiger charge is 1.97. The SMILES string of the molecule is CCCCCCCCCCNc1ccc(C)c(I)c1. The van der Waals surface area contributed by atoms with Gasteiger partial charge in [0.1, 0.15) is 0 Å². The Labute approximate surface area is 132 Å². The first-order chi connectivity index (χ1) is 9.24. The van der Waals surface area contributed by atoms with E-state index in [4.69, 9.17) is 0 Å². The molecule has 1 rings (SSSR count). The van der Waals surface area contributed by atoms with Gasteiger partial charge in [-0.1, -0.05) is 57.9 Å². The van der Waals surface area contributed by atoms with E-state index in [1.807, 2.05) is 0 Å². The second kappa shape index (κ2) is 10.5. The lowest BCUT2D eigenvalue weighted by molar-refractivity contribution is 0.581. The summed E-state index contributed by atoms with van der Waals surface area (Å²) < 4.78 is 1.35. The highest BCUT2D eigenvalue weighted by molar-refractivity contribution is 14.1.